The van der Waals surface area contributed by atoms with Crippen molar-refractivity contribution in [1.82, 2.24) is 0 Å². The highest BCUT2D eigenvalue weighted by atomic mass is 32.1. The lowest BCUT2D eigenvalue weighted by atomic mass is 10.1. The van der Waals surface area contributed by atoms with E-state index in [1.54, 1.807) is 11.4 Å². The summed E-state index contributed by atoms with van der Waals surface area (Å²) in [6.45, 7) is 3.38. The van der Waals surface area contributed by atoms with Gasteiger partial charge in [0.25, 0.3) is 5.91 Å². The van der Waals surface area contributed by atoms with E-state index in [9.17, 15) is 9.59 Å². The van der Waals surface area contributed by atoms with Gasteiger partial charge in [0.2, 0.25) is 0 Å². The molecule has 0 aliphatic carbocycles. The Morgan fingerprint density at radius 2 is 2.04 bits per heavy atom. The molecule has 0 aliphatic heterocycles. The van der Waals surface area contributed by atoms with Crippen LogP contribution in [0.5, 0.6) is 0 Å². The number of hydrogen-bond acceptors (Lipinski definition) is 6. The number of esters is 1. The van der Waals surface area contributed by atoms with Crippen molar-refractivity contribution in [2.45, 2.75) is 20.0 Å². The number of rotatable bonds is 4. The van der Waals surface area contributed by atoms with Crippen LogP contribution in [0.25, 0.3) is 10.1 Å². The van der Waals surface area contributed by atoms with Crippen LogP contribution >= 0.6 is 22.7 Å². The van der Waals surface area contributed by atoms with E-state index in [0.29, 0.717) is 15.4 Å². The Morgan fingerprint density at radius 1 is 1.28 bits per heavy atom. The second kappa shape index (κ2) is 7.05. The number of fused-ring (bicyclic) bond motifs is 1. The molecule has 0 spiro atoms. The SMILES string of the molecule is Cc1c(C(=O)O[C@@H](C)C(=O)Nc2sccc2C#N)sc2ccccc12. The number of nitriles is 1. The molecule has 5 nitrogen and oxygen atoms in total. The van der Waals surface area contributed by atoms with Crippen LogP contribution in [0, 0.1) is 18.3 Å². The summed E-state index contributed by atoms with van der Waals surface area (Å²) in [7, 11) is 0. The van der Waals surface area contributed by atoms with Gasteiger partial charge >= 0.3 is 5.97 Å². The fourth-order valence-corrected chi connectivity index (χ4v) is 4.18. The Morgan fingerprint density at radius 3 is 2.76 bits per heavy atom. The van der Waals surface area contributed by atoms with Crippen LogP contribution in [-0.4, -0.2) is 18.0 Å². The van der Waals surface area contributed by atoms with Crippen LogP contribution in [0.3, 0.4) is 0 Å². The molecule has 1 amide bonds. The van der Waals surface area contributed by atoms with Gasteiger partial charge in [0.05, 0.1) is 5.56 Å². The molecule has 25 heavy (non-hydrogen) atoms. The Kier molecular flexibility index (Phi) is 4.83. The monoisotopic (exact) mass is 370 g/mol. The third-order valence-corrected chi connectivity index (χ3v) is 5.79. The van der Waals surface area contributed by atoms with E-state index in [2.05, 4.69) is 5.32 Å². The van der Waals surface area contributed by atoms with Crippen molar-refractivity contribution in [3.05, 3.63) is 51.7 Å². The first-order chi connectivity index (χ1) is 12.0. The number of carbonyl (C=O) groups excluding carboxylic acids is 2. The lowest BCUT2D eigenvalue weighted by Gasteiger charge is -2.12. The minimum Gasteiger partial charge on any atom is -0.448 e. The lowest BCUT2D eigenvalue weighted by Crippen LogP contribution is -2.29. The molecule has 0 fully saturated rings. The maximum absolute atomic E-state index is 12.4. The molecule has 3 rings (SSSR count). The second-order valence-electron chi connectivity index (χ2n) is 5.36. The number of hydrogen-bond donors (Lipinski definition) is 1. The molecule has 0 radical (unpaired) electrons. The first-order valence-electron chi connectivity index (χ1n) is 7.49. The van der Waals surface area contributed by atoms with Crippen molar-refractivity contribution in [2.24, 2.45) is 0 Å². The van der Waals surface area contributed by atoms with Crippen molar-refractivity contribution in [2.75, 3.05) is 5.32 Å². The van der Waals surface area contributed by atoms with Gasteiger partial charge in [0, 0.05) is 4.70 Å². The first kappa shape index (κ1) is 17.1. The van der Waals surface area contributed by atoms with Crippen LogP contribution in [0.4, 0.5) is 5.00 Å². The maximum Gasteiger partial charge on any atom is 0.349 e. The summed E-state index contributed by atoms with van der Waals surface area (Å²) in [5.74, 6) is -0.987. The predicted octanol–water partition coefficient (Wildman–Crippen LogP) is 4.33. The second-order valence-corrected chi connectivity index (χ2v) is 7.33. The minimum absolute atomic E-state index is 0.386. The predicted molar refractivity (Wildman–Crippen MR) is 99.1 cm³/mol. The molecule has 0 saturated heterocycles. The summed E-state index contributed by atoms with van der Waals surface area (Å²) in [5, 5.41) is 14.8. The number of anilines is 1. The normalized spacial score (nSPS) is 11.7. The highest BCUT2D eigenvalue weighted by molar-refractivity contribution is 7.21. The number of aryl methyl sites for hydroxylation is 1. The Bertz CT molecular complexity index is 997. The topological polar surface area (TPSA) is 79.2 Å². The molecule has 126 valence electrons. The Labute approximate surface area is 152 Å². The average molecular weight is 370 g/mol. The quantitative estimate of drug-likeness (QED) is 0.693. The molecule has 1 aromatic carbocycles. The lowest BCUT2D eigenvalue weighted by molar-refractivity contribution is -0.123. The van der Waals surface area contributed by atoms with Crippen molar-refractivity contribution in [3.8, 4) is 6.07 Å². The summed E-state index contributed by atoms with van der Waals surface area (Å²) in [5.41, 5.74) is 1.24. The number of benzene rings is 1. The Hall–Kier alpha value is -2.69. The summed E-state index contributed by atoms with van der Waals surface area (Å²) >= 11 is 2.60. The van der Waals surface area contributed by atoms with E-state index in [4.69, 9.17) is 10.00 Å². The minimum atomic E-state index is -0.967. The molecular formula is C18H14N2O3S2. The first-order valence-corrected chi connectivity index (χ1v) is 9.18. The van der Waals surface area contributed by atoms with E-state index >= 15 is 0 Å². The molecular weight excluding hydrogens is 356 g/mol. The van der Waals surface area contributed by atoms with Gasteiger partial charge in [-0.25, -0.2) is 4.79 Å². The average Bonchev–Trinajstić information content (AvgIpc) is 3.19. The summed E-state index contributed by atoms with van der Waals surface area (Å²) in [4.78, 5) is 25.1. The fourth-order valence-electron chi connectivity index (χ4n) is 2.34. The van der Waals surface area contributed by atoms with Gasteiger partial charge in [0.15, 0.2) is 6.10 Å². The molecule has 0 bridgehead atoms. The summed E-state index contributed by atoms with van der Waals surface area (Å²) in [6, 6.07) is 11.3. The number of carbonyl (C=O) groups is 2. The standard InChI is InChI=1S/C18H14N2O3S2/c1-10-13-5-3-4-6-14(13)25-15(10)18(22)23-11(2)16(21)20-17-12(9-19)7-8-24-17/h3-8,11H,1-2H3,(H,20,21)/t11-/m0/s1. The van der Waals surface area contributed by atoms with Crippen LogP contribution in [-0.2, 0) is 9.53 Å². The highest BCUT2D eigenvalue weighted by Gasteiger charge is 2.23. The zero-order valence-corrected chi connectivity index (χ0v) is 15.2. The molecule has 0 saturated carbocycles. The zero-order valence-electron chi connectivity index (χ0n) is 13.5. The van der Waals surface area contributed by atoms with Gasteiger partial charge in [0.1, 0.15) is 15.9 Å². The molecule has 2 heterocycles. The van der Waals surface area contributed by atoms with Crippen molar-refractivity contribution in [1.29, 1.82) is 5.26 Å². The number of thiophene rings is 2. The van der Waals surface area contributed by atoms with Crippen LogP contribution < -0.4 is 5.32 Å². The van der Waals surface area contributed by atoms with Gasteiger partial charge in [-0.05, 0) is 42.3 Å². The summed E-state index contributed by atoms with van der Waals surface area (Å²) in [6.07, 6.45) is -0.967. The van der Waals surface area contributed by atoms with Gasteiger partial charge in [-0.2, -0.15) is 5.26 Å². The summed E-state index contributed by atoms with van der Waals surface area (Å²) < 4.78 is 6.31. The van der Waals surface area contributed by atoms with Gasteiger partial charge in [-0.3, -0.25) is 4.79 Å². The molecule has 3 aromatic rings. The maximum atomic E-state index is 12.4. The molecule has 1 atom stereocenters. The van der Waals surface area contributed by atoms with E-state index in [-0.39, 0.29) is 0 Å². The van der Waals surface area contributed by atoms with Gasteiger partial charge < -0.3 is 10.1 Å². The third kappa shape index (κ3) is 3.40. The number of nitrogens with zero attached hydrogens (tertiary/aromatic N) is 1. The van der Waals surface area contributed by atoms with Gasteiger partial charge in [-0.1, -0.05) is 18.2 Å². The fraction of sp³-hybridized carbons (Fsp3) is 0.167. The third-order valence-electron chi connectivity index (χ3n) is 3.70. The number of amides is 1. The smallest absolute Gasteiger partial charge is 0.349 e. The molecule has 0 unspecified atom stereocenters. The van der Waals surface area contributed by atoms with Crippen molar-refractivity contribution >= 4 is 49.6 Å². The molecule has 2 aromatic heterocycles. The molecule has 0 aliphatic rings. The van der Waals surface area contributed by atoms with E-state index < -0.39 is 18.0 Å². The number of ether oxygens (including phenoxy) is 1. The van der Waals surface area contributed by atoms with Crippen LogP contribution in [0.2, 0.25) is 0 Å². The van der Waals surface area contributed by atoms with E-state index in [1.165, 1.54) is 29.6 Å². The van der Waals surface area contributed by atoms with Gasteiger partial charge in [-0.15, -0.1) is 22.7 Å². The number of nitrogens with one attached hydrogen (secondary N) is 1. The van der Waals surface area contributed by atoms with Crippen molar-refractivity contribution < 1.29 is 14.3 Å². The highest BCUT2D eigenvalue weighted by Crippen LogP contribution is 2.31. The van der Waals surface area contributed by atoms with Crippen molar-refractivity contribution in [3.63, 3.8) is 0 Å². The van der Waals surface area contributed by atoms with Crippen LogP contribution in [0.1, 0.15) is 27.7 Å². The largest absolute Gasteiger partial charge is 0.448 e. The molecule has 1 N–H and O–H groups in total. The van der Waals surface area contributed by atoms with E-state index in [0.717, 1.165) is 15.6 Å². The zero-order chi connectivity index (χ0) is 18.0. The van der Waals surface area contributed by atoms with Crippen LogP contribution in [0.15, 0.2) is 35.7 Å². The van der Waals surface area contributed by atoms with E-state index in [1.807, 2.05) is 37.3 Å². The molecule has 7 heteroatoms. The Balaban J connectivity index is 1.72.